The molecule has 4 rings (SSSR count). The molecule has 2 aromatic carbocycles. The van der Waals surface area contributed by atoms with E-state index in [0.717, 1.165) is 24.3 Å². The van der Waals surface area contributed by atoms with Crippen LogP contribution in [0.15, 0.2) is 61.2 Å². The molecule has 6 nitrogen and oxygen atoms in total. The van der Waals surface area contributed by atoms with E-state index in [-0.39, 0.29) is 30.6 Å². The van der Waals surface area contributed by atoms with Gasteiger partial charge >= 0.3 is 6.18 Å². The van der Waals surface area contributed by atoms with Crippen LogP contribution in [0.2, 0.25) is 0 Å². The lowest BCUT2D eigenvalue weighted by Crippen LogP contribution is -2.43. The highest BCUT2D eigenvalue weighted by atomic mass is 32.2. The van der Waals surface area contributed by atoms with Crippen LogP contribution in [0.4, 0.5) is 22.0 Å². The van der Waals surface area contributed by atoms with Gasteiger partial charge in [0, 0.05) is 16.9 Å². The average Bonchev–Trinajstić information content (AvgIpc) is 3.36. The van der Waals surface area contributed by atoms with Crippen LogP contribution >= 0.6 is 11.8 Å². The van der Waals surface area contributed by atoms with Gasteiger partial charge in [0.25, 0.3) is 0 Å². The molecule has 2 atom stereocenters. The normalized spacial score (nSPS) is 21.2. The van der Waals surface area contributed by atoms with Crippen LogP contribution in [0.1, 0.15) is 23.6 Å². The summed E-state index contributed by atoms with van der Waals surface area (Å²) in [5.74, 6) is -1.63. The Morgan fingerprint density at radius 1 is 1.14 bits per heavy atom. The van der Waals surface area contributed by atoms with Crippen molar-refractivity contribution < 1.29 is 36.5 Å². The fraction of sp³-hybridized carbons (Fsp3) is 0.360. The van der Waals surface area contributed by atoms with Crippen molar-refractivity contribution >= 4 is 17.8 Å². The highest BCUT2D eigenvalue weighted by Crippen LogP contribution is 2.38. The summed E-state index contributed by atoms with van der Waals surface area (Å²) in [4.78, 5) is 3.86. The first-order valence-corrected chi connectivity index (χ1v) is 12.2. The second kappa shape index (κ2) is 11.3. The molecule has 2 heterocycles. The van der Waals surface area contributed by atoms with Gasteiger partial charge < -0.3 is 14.6 Å². The fourth-order valence-corrected chi connectivity index (χ4v) is 5.22. The minimum absolute atomic E-state index is 0.0700. The molecule has 0 bridgehead atoms. The summed E-state index contributed by atoms with van der Waals surface area (Å²) in [5.41, 5.74) is -1.99. The van der Waals surface area contributed by atoms with Gasteiger partial charge in [0.05, 0.1) is 30.6 Å². The van der Waals surface area contributed by atoms with Gasteiger partial charge in [-0.25, -0.2) is 18.4 Å². The number of aliphatic hydroxyl groups is 1. The summed E-state index contributed by atoms with van der Waals surface area (Å²) in [6, 6.07) is 7.73. The number of ether oxygens (including phenoxy) is 2. The zero-order chi connectivity index (χ0) is 26.6. The molecule has 0 amide bonds. The van der Waals surface area contributed by atoms with E-state index in [4.69, 9.17) is 9.47 Å². The van der Waals surface area contributed by atoms with Gasteiger partial charge in [-0.15, -0.1) is 11.8 Å². The molecule has 37 heavy (non-hydrogen) atoms. The Bertz CT molecular complexity index is 1200. The molecule has 0 spiro atoms. The van der Waals surface area contributed by atoms with Gasteiger partial charge in [0.15, 0.2) is 6.29 Å². The van der Waals surface area contributed by atoms with Gasteiger partial charge in [-0.05, 0) is 29.8 Å². The summed E-state index contributed by atoms with van der Waals surface area (Å²) in [5, 5.41) is 14.8. The second-order valence-corrected chi connectivity index (χ2v) is 10.2. The third kappa shape index (κ3) is 6.75. The quantitative estimate of drug-likeness (QED) is 0.403. The Kier molecular flexibility index (Phi) is 8.32. The highest BCUT2D eigenvalue weighted by Gasteiger charge is 2.41. The van der Waals surface area contributed by atoms with Crippen molar-refractivity contribution in [2.75, 3.05) is 13.2 Å². The summed E-state index contributed by atoms with van der Waals surface area (Å²) in [6.45, 7) is 2.11. The van der Waals surface area contributed by atoms with E-state index in [1.54, 1.807) is 19.1 Å². The van der Waals surface area contributed by atoms with Gasteiger partial charge in [-0.1, -0.05) is 31.2 Å². The Balaban J connectivity index is 1.38. The number of rotatable bonds is 8. The predicted octanol–water partition coefficient (Wildman–Crippen LogP) is 5.04. The predicted molar refractivity (Wildman–Crippen MR) is 127 cm³/mol. The number of alkyl halides is 3. The van der Waals surface area contributed by atoms with Crippen LogP contribution in [0.3, 0.4) is 0 Å². The summed E-state index contributed by atoms with van der Waals surface area (Å²) < 4.78 is 79.1. The topological polar surface area (TPSA) is 69.4 Å². The van der Waals surface area contributed by atoms with Crippen LogP contribution in [0.5, 0.6) is 0 Å². The molecule has 12 heteroatoms. The van der Waals surface area contributed by atoms with Crippen LogP contribution in [0.25, 0.3) is 6.08 Å². The average molecular weight is 542 g/mol. The fourth-order valence-electron chi connectivity index (χ4n) is 3.90. The number of aromatic nitrogens is 3. The Morgan fingerprint density at radius 2 is 1.84 bits per heavy atom. The standard InChI is InChI=1S/C25H24F5N3O3S/c1-16(24(34,13-33-15-31-14-32-33)21-8-7-19(26)10-22(21)27)37-20-11-35-23(36-12-20)9-4-17-2-5-18(6-3-17)25(28,29)30/h2-10,14-16,20,23,34H,11-13H2,1H3/t16-,20-,23-,24-/m1/s1. The molecule has 1 fully saturated rings. The Morgan fingerprint density at radius 3 is 2.43 bits per heavy atom. The van der Waals surface area contributed by atoms with Crippen molar-refractivity contribution in [2.24, 2.45) is 0 Å². The van der Waals surface area contributed by atoms with E-state index in [0.29, 0.717) is 5.56 Å². The lowest BCUT2D eigenvalue weighted by molar-refractivity contribution is -0.146. The Labute approximate surface area is 214 Å². The SMILES string of the molecule is C[C@@H](S[C@H]1CO[C@H](C=Cc2ccc(C(F)(F)F)cc2)OC1)[C@](O)(Cn1cncn1)c1ccc(F)cc1F. The second-order valence-electron chi connectivity index (χ2n) is 8.56. The number of halogens is 5. The maximum Gasteiger partial charge on any atom is 0.416 e. The molecule has 0 saturated carbocycles. The minimum atomic E-state index is -4.40. The van der Waals surface area contributed by atoms with Crippen molar-refractivity contribution in [3.8, 4) is 0 Å². The zero-order valence-corrected chi connectivity index (χ0v) is 20.4. The van der Waals surface area contributed by atoms with Crippen molar-refractivity contribution in [3.05, 3.63) is 89.5 Å². The number of hydrogen-bond donors (Lipinski definition) is 1. The van der Waals surface area contributed by atoms with Crippen LogP contribution in [0, 0.1) is 11.6 Å². The maximum atomic E-state index is 14.7. The van der Waals surface area contributed by atoms with E-state index in [1.165, 1.54) is 47.3 Å². The molecule has 1 saturated heterocycles. The van der Waals surface area contributed by atoms with Crippen LogP contribution < -0.4 is 0 Å². The van der Waals surface area contributed by atoms with E-state index in [1.807, 2.05) is 0 Å². The minimum Gasteiger partial charge on any atom is -0.382 e. The number of nitrogens with zero attached hydrogens (tertiary/aromatic N) is 3. The van der Waals surface area contributed by atoms with Gasteiger partial charge in [0.2, 0.25) is 0 Å². The lowest BCUT2D eigenvalue weighted by atomic mass is 9.90. The molecular weight excluding hydrogens is 517 g/mol. The largest absolute Gasteiger partial charge is 0.416 e. The molecule has 198 valence electrons. The summed E-state index contributed by atoms with van der Waals surface area (Å²) >= 11 is 1.32. The van der Waals surface area contributed by atoms with Crippen molar-refractivity contribution in [1.82, 2.24) is 14.8 Å². The van der Waals surface area contributed by atoms with Gasteiger partial charge in [0.1, 0.15) is 29.9 Å². The van der Waals surface area contributed by atoms with Crippen molar-refractivity contribution in [2.45, 2.75) is 42.0 Å². The maximum absolute atomic E-state index is 14.7. The molecule has 1 aliphatic rings. The molecule has 1 aliphatic heterocycles. The molecule has 0 radical (unpaired) electrons. The number of hydrogen-bond acceptors (Lipinski definition) is 6. The number of thioether (sulfide) groups is 1. The van der Waals surface area contributed by atoms with E-state index >= 15 is 0 Å². The first-order chi connectivity index (χ1) is 17.5. The van der Waals surface area contributed by atoms with E-state index in [2.05, 4.69) is 10.1 Å². The van der Waals surface area contributed by atoms with Crippen LogP contribution in [-0.4, -0.2) is 49.9 Å². The first-order valence-electron chi connectivity index (χ1n) is 11.3. The molecular formula is C25H24F5N3O3S. The van der Waals surface area contributed by atoms with E-state index in [9.17, 15) is 27.1 Å². The molecule has 0 unspecified atom stereocenters. The molecule has 1 N–H and O–H groups in total. The van der Waals surface area contributed by atoms with Gasteiger partial charge in [-0.2, -0.15) is 18.3 Å². The third-order valence-electron chi connectivity index (χ3n) is 5.91. The van der Waals surface area contributed by atoms with Gasteiger partial charge in [-0.3, -0.25) is 0 Å². The molecule has 0 aliphatic carbocycles. The lowest BCUT2D eigenvalue weighted by Gasteiger charge is -2.37. The monoisotopic (exact) mass is 541 g/mol. The zero-order valence-electron chi connectivity index (χ0n) is 19.6. The first kappa shape index (κ1) is 27.2. The van der Waals surface area contributed by atoms with Crippen molar-refractivity contribution in [3.63, 3.8) is 0 Å². The van der Waals surface area contributed by atoms with E-state index < -0.39 is 40.5 Å². The molecule has 1 aromatic heterocycles. The smallest absolute Gasteiger partial charge is 0.382 e. The van der Waals surface area contributed by atoms with Crippen molar-refractivity contribution in [1.29, 1.82) is 0 Å². The third-order valence-corrected chi connectivity index (χ3v) is 7.37. The summed E-state index contributed by atoms with van der Waals surface area (Å²) in [7, 11) is 0. The highest BCUT2D eigenvalue weighted by molar-refractivity contribution is 8.00. The number of benzene rings is 2. The Hall–Kier alpha value is -2.80. The molecule has 3 aromatic rings. The van der Waals surface area contributed by atoms with Crippen LogP contribution in [-0.2, 0) is 27.8 Å². The summed E-state index contributed by atoms with van der Waals surface area (Å²) in [6.07, 6.45) is 0.797.